The van der Waals surface area contributed by atoms with Crippen molar-refractivity contribution in [3.8, 4) is 11.1 Å². The van der Waals surface area contributed by atoms with Crippen LogP contribution in [0.25, 0.3) is 11.1 Å². The van der Waals surface area contributed by atoms with Gasteiger partial charge in [0.15, 0.2) is 0 Å². The minimum Gasteiger partial charge on any atom is -0.396 e. The molecule has 182 valence electrons. The average Bonchev–Trinajstić information content (AvgIpc) is 3.39. The molecule has 0 aliphatic carbocycles. The number of fused-ring (bicyclic) bond motifs is 3. The topological polar surface area (TPSA) is 74.6 Å². The second-order valence-corrected chi connectivity index (χ2v) is 9.47. The Bertz CT molecular complexity index is 1290. The number of hydrogen-bond acceptors (Lipinski definition) is 4. The quantitative estimate of drug-likeness (QED) is 0.572. The van der Waals surface area contributed by atoms with Crippen LogP contribution in [0.2, 0.25) is 0 Å². The number of aromatic nitrogens is 1. The number of likely N-dealkylation sites (tertiary alicyclic amines) is 1. The fourth-order valence-electron chi connectivity index (χ4n) is 5.98. The molecule has 0 unspecified atom stereocenters. The monoisotopic (exact) mass is 475 g/mol. The summed E-state index contributed by atoms with van der Waals surface area (Å²) in [6.07, 6.45) is 0. The van der Waals surface area contributed by atoms with Crippen LogP contribution in [-0.4, -0.2) is 39.7 Å². The van der Waals surface area contributed by atoms with Crippen molar-refractivity contribution in [1.82, 2.24) is 14.8 Å². The molecule has 0 spiro atoms. The van der Waals surface area contributed by atoms with E-state index in [0.717, 1.165) is 11.3 Å². The van der Waals surface area contributed by atoms with Crippen molar-refractivity contribution in [2.75, 3.05) is 13.2 Å². The maximum atomic E-state index is 13.8. The molecule has 3 aromatic rings. The van der Waals surface area contributed by atoms with E-state index in [9.17, 15) is 19.1 Å². The first-order chi connectivity index (χ1) is 16.9. The summed E-state index contributed by atoms with van der Waals surface area (Å²) < 4.78 is 15.5. The number of nitrogens with zero attached hydrogens (tertiary/aromatic N) is 2. The summed E-state index contributed by atoms with van der Waals surface area (Å²) in [5.74, 6) is -0.875. The number of rotatable bonds is 6. The highest BCUT2D eigenvalue weighted by atomic mass is 19.1. The van der Waals surface area contributed by atoms with E-state index in [4.69, 9.17) is 0 Å². The van der Waals surface area contributed by atoms with Gasteiger partial charge in [0.1, 0.15) is 5.82 Å². The van der Waals surface area contributed by atoms with Crippen molar-refractivity contribution in [3.05, 3.63) is 94.2 Å². The average molecular weight is 476 g/mol. The Balaban J connectivity index is 1.46. The number of carbonyl (C=O) groups excluding carboxylic acids is 1. The fraction of sp³-hybridized carbons (Fsp3) is 0.357. The van der Waals surface area contributed by atoms with E-state index in [1.54, 1.807) is 22.8 Å². The number of aliphatic hydroxyl groups excluding tert-OH is 1. The number of aliphatic hydroxyl groups is 1. The number of pyridine rings is 1. The molecule has 3 heterocycles. The molecule has 7 heteroatoms. The first-order valence-corrected chi connectivity index (χ1v) is 12.2. The molecule has 5 atom stereocenters. The number of nitrogens with one attached hydrogen (secondary N) is 1. The zero-order valence-corrected chi connectivity index (χ0v) is 19.9. The smallest absolute Gasteiger partial charge is 0.258 e. The second kappa shape index (κ2) is 9.40. The van der Waals surface area contributed by atoms with Crippen LogP contribution in [0.1, 0.15) is 37.2 Å². The van der Waals surface area contributed by atoms with Gasteiger partial charge in [-0.1, -0.05) is 49.4 Å². The zero-order chi connectivity index (χ0) is 24.7. The SMILES string of the molecule is CCN1[C@@H]2c3ccc(-c4cccc(F)c4)c(=O)n3C[C@@H]2[C@@H](CO)[C@@H]1C(=O)N[C@@H](C)c1ccccc1. The Morgan fingerprint density at radius 3 is 2.60 bits per heavy atom. The largest absolute Gasteiger partial charge is 0.396 e. The molecule has 2 aromatic carbocycles. The maximum absolute atomic E-state index is 13.8. The van der Waals surface area contributed by atoms with Gasteiger partial charge in [0.2, 0.25) is 5.91 Å². The summed E-state index contributed by atoms with van der Waals surface area (Å²) in [5.41, 5.74) is 2.67. The molecule has 0 bridgehead atoms. The van der Waals surface area contributed by atoms with E-state index in [1.165, 1.54) is 12.1 Å². The van der Waals surface area contributed by atoms with E-state index in [1.807, 2.05) is 50.2 Å². The van der Waals surface area contributed by atoms with Crippen molar-refractivity contribution >= 4 is 5.91 Å². The number of likely N-dealkylation sites (N-methyl/N-ethyl adjacent to an activating group) is 1. The van der Waals surface area contributed by atoms with Crippen LogP contribution in [0.15, 0.2) is 71.5 Å². The molecule has 1 amide bonds. The number of hydrogen-bond donors (Lipinski definition) is 2. The zero-order valence-electron chi connectivity index (χ0n) is 19.9. The fourth-order valence-corrected chi connectivity index (χ4v) is 5.98. The number of amides is 1. The molecule has 1 fully saturated rings. The third-order valence-corrected chi connectivity index (χ3v) is 7.62. The van der Waals surface area contributed by atoms with Crippen molar-refractivity contribution in [1.29, 1.82) is 0 Å². The third kappa shape index (κ3) is 3.98. The van der Waals surface area contributed by atoms with Crippen molar-refractivity contribution in [2.24, 2.45) is 11.8 Å². The lowest BCUT2D eigenvalue weighted by molar-refractivity contribution is -0.128. The highest BCUT2D eigenvalue weighted by Crippen LogP contribution is 2.49. The highest BCUT2D eigenvalue weighted by Gasteiger charge is 2.55. The maximum Gasteiger partial charge on any atom is 0.258 e. The first kappa shape index (κ1) is 23.5. The lowest BCUT2D eigenvalue weighted by Gasteiger charge is -2.30. The van der Waals surface area contributed by atoms with Gasteiger partial charge >= 0.3 is 0 Å². The minimum atomic E-state index is -0.488. The van der Waals surface area contributed by atoms with Gasteiger partial charge in [-0.05, 0) is 48.9 Å². The second-order valence-electron chi connectivity index (χ2n) is 9.47. The molecular weight excluding hydrogens is 445 g/mol. The predicted octanol–water partition coefficient (Wildman–Crippen LogP) is 3.52. The van der Waals surface area contributed by atoms with Crippen LogP contribution in [0.3, 0.4) is 0 Å². The van der Waals surface area contributed by atoms with Gasteiger partial charge in [0.05, 0.1) is 18.1 Å². The lowest BCUT2D eigenvalue weighted by atomic mass is 9.88. The molecule has 6 nitrogen and oxygen atoms in total. The Morgan fingerprint density at radius 2 is 1.91 bits per heavy atom. The standard InChI is InChI=1S/C28H30FN3O3/c1-3-31-25-22(23(16-33)26(31)27(34)30-17(2)18-8-5-4-6-9-18)15-32-24(25)13-12-21(28(32)35)19-10-7-11-20(29)14-19/h4-14,17,22-23,25-26,33H,3,15-16H2,1-2H3,(H,30,34)/t17-,22+,23+,25-,26+/m0/s1. The summed E-state index contributed by atoms with van der Waals surface area (Å²) >= 11 is 0. The van der Waals surface area contributed by atoms with Crippen LogP contribution < -0.4 is 10.9 Å². The minimum absolute atomic E-state index is 0.0711. The lowest BCUT2D eigenvalue weighted by Crippen LogP contribution is -2.48. The van der Waals surface area contributed by atoms with Gasteiger partial charge in [0, 0.05) is 36.2 Å². The number of halogens is 1. The summed E-state index contributed by atoms with van der Waals surface area (Å²) in [4.78, 5) is 29.0. The van der Waals surface area contributed by atoms with Crippen molar-refractivity contribution < 1.29 is 14.3 Å². The first-order valence-electron chi connectivity index (χ1n) is 12.2. The van der Waals surface area contributed by atoms with Crippen LogP contribution in [0.4, 0.5) is 4.39 Å². The molecule has 0 saturated carbocycles. The van der Waals surface area contributed by atoms with Crippen LogP contribution >= 0.6 is 0 Å². The molecule has 1 aromatic heterocycles. The Labute approximate surface area is 204 Å². The predicted molar refractivity (Wildman–Crippen MR) is 132 cm³/mol. The molecule has 1 saturated heterocycles. The van der Waals surface area contributed by atoms with Crippen molar-refractivity contribution in [2.45, 2.75) is 38.5 Å². The number of carbonyl (C=O) groups is 1. The van der Waals surface area contributed by atoms with E-state index in [0.29, 0.717) is 24.2 Å². The highest BCUT2D eigenvalue weighted by molar-refractivity contribution is 5.83. The van der Waals surface area contributed by atoms with Crippen molar-refractivity contribution in [3.63, 3.8) is 0 Å². The molecule has 2 aliphatic rings. The van der Waals surface area contributed by atoms with Gasteiger partial charge in [0.25, 0.3) is 5.56 Å². The Hall–Kier alpha value is -3.29. The van der Waals surface area contributed by atoms with Crippen LogP contribution in [-0.2, 0) is 11.3 Å². The Kier molecular flexibility index (Phi) is 6.30. The van der Waals surface area contributed by atoms with Crippen LogP contribution in [0.5, 0.6) is 0 Å². The van der Waals surface area contributed by atoms with E-state index in [2.05, 4.69) is 10.2 Å². The van der Waals surface area contributed by atoms with E-state index < -0.39 is 6.04 Å². The van der Waals surface area contributed by atoms with Gasteiger partial charge in [-0.2, -0.15) is 0 Å². The van der Waals surface area contributed by atoms with Gasteiger partial charge in [-0.3, -0.25) is 14.5 Å². The molecule has 2 N–H and O–H groups in total. The van der Waals surface area contributed by atoms with Gasteiger partial charge in [-0.25, -0.2) is 4.39 Å². The van der Waals surface area contributed by atoms with E-state index in [-0.39, 0.29) is 47.8 Å². The molecule has 5 rings (SSSR count). The van der Waals surface area contributed by atoms with Crippen LogP contribution in [0, 0.1) is 17.7 Å². The van der Waals surface area contributed by atoms with E-state index >= 15 is 0 Å². The van der Waals surface area contributed by atoms with Gasteiger partial charge in [-0.15, -0.1) is 0 Å². The molecular formula is C28H30FN3O3. The summed E-state index contributed by atoms with van der Waals surface area (Å²) in [6, 6.07) is 18.7. The molecule has 35 heavy (non-hydrogen) atoms. The summed E-state index contributed by atoms with van der Waals surface area (Å²) in [6.45, 7) is 4.83. The summed E-state index contributed by atoms with van der Waals surface area (Å²) in [7, 11) is 0. The third-order valence-electron chi connectivity index (χ3n) is 7.62. The summed E-state index contributed by atoms with van der Waals surface area (Å²) in [5, 5.41) is 13.5. The normalized spacial score (nSPS) is 24.1. The Morgan fingerprint density at radius 1 is 1.14 bits per heavy atom. The molecule has 2 aliphatic heterocycles. The van der Waals surface area contributed by atoms with Gasteiger partial charge < -0.3 is 15.0 Å². The molecule has 0 radical (unpaired) electrons. The number of benzene rings is 2.